The van der Waals surface area contributed by atoms with Gasteiger partial charge in [-0.15, -0.1) is 4.83 Å². The quantitative estimate of drug-likeness (QED) is 0.708. The molecule has 168 valence electrons. The van der Waals surface area contributed by atoms with E-state index in [1.54, 1.807) is 12.0 Å². The van der Waals surface area contributed by atoms with Crippen LogP contribution in [0.15, 0.2) is 48.5 Å². The number of sulfonamides is 1. The highest BCUT2D eigenvalue weighted by atomic mass is 32.2. The van der Waals surface area contributed by atoms with E-state index >= 15 is 0 Å². The summed E-state index contributed by atoms with van der Waals surface area (Å²) in [6, 6.07) is 15.4. The van der Waals surface area contributed by atoms with Gasteiger partial charge in [0.25, 0.3) is 0 Å². The number of amides is 2. The van der Waals surface area contributed by atoms with E-state index in [9.17, 15) is 13.2 Å². The van der Waals surface area contributed by atoms with Crippen molar-refractivity contribution in [3.05, 3.63) is 65.2 Å². The number of carbonyl (C=O) groups excluding carboxylic acids is 1. The fourth-order valence-electron chi connectivity index (χ4n) is 3.70. The number of ether oxygens (including phenoxy) is 1. The Morgan fingerprint density at radius 1 is 1.06 bits per heavy atom. The van der Waals surface area contributed by atoms with Gasteiger partial charge in [-0.2, -0.15) is 0 Å². The summed E-state index contributed by atoms with van der Waals surface area (Å²) in [5.41, 5.74) is 3.29. The van der Waals surface area contributed by atoms with Crippen molar-refractivity contribution in [1.29, 1.82) is 0 Å². The van der Waals surface area contributed by atoms with Gasteiger partial charge in [-0.25, -0.2) is 18.2 Å². The first kappa shape index (κ1) is 23.1. The molecule has 0 unspecified atom stereocenters. The first-order valence-electron chi connectivity index (χ1n) is 10.3. The van der Waals surface area contributed by atoms with Crippen LogP contribution in [0.2, 0.25) is 0 Å². The topological polar surface area (TPSA) is 79.0 Å². The van der Waals surface area contributed by atoms with Gasteiger partial charge in [0.1, 0.15) is 5.75 Å². The second-order valence-electron chi connectivity index (χ2n) is 8.94. The molecule has 0 saturated carbocycles. The largest absolute Gasteiger partial charge is 0.497 e. The molecule has 1 heterocycles. The number of benzene rings is 2. The van der Waals surface area contributed by atoms with Crippen molar-refractivity contribution in [3.8, 4) is 5.75 Å². The molecule has 2 aromatic carbocycles. The van der Waals surface area contributed by atoms with E-state index in [1.807, 2.05) is 36.4 Å². The summed E-state index contributed by atoms with van der Waals surface area (Å²) in [4.78, 5) is 17.1. The number of hydrogen-bond acceptors (Lipinski definition) is 4. The Hall–Kier alpha value is -2.58. The number of urea groups is 1. The number of nitrogens with one attached hydrogen (secondary N) is 1. The highest BCUT2D eigenvalue weighted by Crippen LogP contribution is 2.31. The van der Waals surface area contributed by atoms with Crippen LogP contribution in [0, 0.1) is 0 Å². The summed E-state index contributed by atoms with van der Waals surface area (Å²) < 4.78 is 28.7. The van der Waals surface area contributed by atoms with Crippen LogP contribution < -0.4 is 9.57 Å². The standard InChI is InChI=1S/C23H31N3O4S/c1-23(2,3)19-10-8-18(9-11-19)21-16-26(24-31(5,28)29)22(27)25(21)15-14-17-6-12-20(30-4)13-7-17/h6-13,21,24H,14-16H2,1-5H3/t21-/m0/s1. The van der Waals surface area contributed by atoms with E-state index in [-0.39, 0.29) is 24.0 Å². The average molecular weight is 446 g/mol. The highest BCUT2D eigenvalue weighted by molar-refractivity contribution is 7.88. The monoisotopic (exact) mass is 445 g/mol. The average Bonchev–Trinajstić information content (AvgIpc) is 3.00. The minimum absolute atomic E-state index is 0.0297. The molecule has 31 heavy (non-hydrogen) atoms. The zero-order chi connectivity index (χ0) is 22.8. The van der Waals surface area contributed by atoms with Gasteiger partial charge in [-0.1, -0.05) is 57.2 Å². The molecule has 1 saturated heterocycles. The summed E-state index contributed by atoms with van der Waals surface area (Å²) in [6.07, 6.45) is 1.70. The number of hydrazine groups is 1. The second-order valence-corrected chi connectivity index (χ2v) is 10.7. The third kappa shape index (κ3) is 5.77. The van der Waals surface area contributed by atoms with Crippen molar-refractivity contribution in [2.75, 3.05) is 26.5 Å². The van der Waals surface area contributed by atoms with Gasteiger partial charge >= 0.3 is 6.03 Å². The molecule has 7 nitrogen and oxygen atoms in total. The lowest BCUT2D eigenvalue weighted by molar-refractivity contribution is 0.182. The third-order valence-corrected chi connectivity index (χ3v) is 6.00. The predicted molar refractivity (Wildman–Crippen MR) is 121 cm³/mol. The molecule has 1 atom stereocenters. The van der Waals surface area contributed by atoms with Crippen molar-refractivity contribution in [2.45, 2.75) is 38.6 Å². The summed E-state index contributed by atoms with van der Waals surface area (Å²) >= 11 is 0. The lowest BCUT2D eigenvalue weighted by Crippen LogP contribution is -2.44. The molecule has 3 rings (SSSR count). The molecule has 1 fully saturated rings. The predicted octanol–water partition coefficient (Wildman–Crippen LogP) is 3.48. The van der Waals surface area contributed by atoms with Crippen molar-refractivity contribution in [3.63, 3.8) is 0 Å². The molecule has 0 aliphatic carbocycles. The van der Waals surface area contributed by atoms with E-state index in [0.29, 0.717) is 13.0 Å². The molecule has 2 aromatic rings. The minimum atomic E-state index is -3.56. The van der Waals surface area contributed by atoms with Crippen LogP contribution in [-0.4, -0.2) is 50.8 Å². The number of rotatable bonds is 7. The van der Waals surface area contributed by atoms with Crippen LogP contribution in [0.25, 0.3) is 0 Å². The van der Waals surface area contributed by atoms with Gasteiger partial charge < -0.3 is 9.64 Å². The fourth-order valence-corrected chi connectivity index (χ4v) is 4.25. The Morgan fingerprint density at radius 2 is 1.68 bits per heavy atom. The van der Waals surface area contributed by atoms with E-state index in [2.05, 4.69) is 37.7 Å². The number of carbonyl (C=O) groups is 1. The molecule has 8 heteroatoms. The normalized spacial score (nSPS) is 17.3. The zero-order valence-electron chi connectivity index (χ0n) is 18.8. The number of nitrogens with zero attached hydrogens (tertiary/aromatic N) is 2. The highest BCUT2D eigenvalue weighted by Gasteiger charge is 2.39. The van der Waals surface area contributed by atoms with Crippen LogP contribution in [0.3, 0.4) is 0 Å². The van der Waals surface area contributed by atoms with Crippen LogP contribution in [-0.2, 0) is 21.9 Å². The van der Waals surface area contributed by atoms with E-state index in [1.165, 1.54) is 10.6 Å². The molecule has 0 spiro atoms. The maximum absolute atomic E-state index is 13.0. The van der Waals surface area contributed by atoms with E-state index < -0.39 is 10.0 Å². The maximum atomic E-state index is 13.0. The van der Waals surface area contributed by atoms with Crippen LogP contribution in [0.5, 0.6) is 5.75 Å². The SMILES string of the molecule is COc1ccc(CCN2C(=O)N(NS(C)(=O)=O)C[C@H]2c2ccc(C(C)(C)C)cc2)cc1. The molecular weight excluding hydrogens is 414 g/mol. The Morgan fingerprint density at radius 3 is 2.19 bits per heavy atom. The van der Waals surface area contributed by atoms with Gasteiger partial charge in [-0.3, -0.25) is 0 Å². The molecule has 0 aromatic heterocycles. The zero-order valence-corrected chi connectivity index (χ0v) is 19.6. The Bertz CT molecular complexity index is 1010. The number of hydrogen-bond donors (Lipinski definition) is 1. The number of methoxy groups -OCH3 is 1. The summed E-state index contributed by atoms with van der Waals surface area (Å²) in [6.45, 7) is 7.18. The van der Waals surface area contributed by atoms with Gasteiger partial charge in [0.15, 0.2) is 0 Å². The Balaban J connectivity index is 1.83. The molecule has 0 radical (unpaired) electrons. The summed E-state index contributed by atoms with van der Waals surface area (Å²) in [5, 5.41) is 1.19. The fraction of sp³-hybridized carbons (Fsp3) is 0.435. The second kappa shape index (κ2) is 8.88. The van der Waals surface area contributed by atoms with Gasteiger partial charge in [0.05, 0.1) is 26.0 Å². The molecule has 1 N–H and O–H groups in total. The smallest absolute Gasteiger partial charge is 0.335 e. The molecule has 1 aliphatic rings. The Labute approximate surface area is 185 Å². The van der Waals surface area contributed by atoms with E-state index in [4.69, 9.17) is 4.74 Å². The molecule has 0 bridgehead atoms. The van der Waals surface area contributed by atoms with Crippen LogP contribution >= 0.6 is 0 Å². The van der Waals surface area contributed by atoms with Gasteiger partial charge in [0.2, 0.25) is 10.0 Å². The lowest BCUT2D eigenvalue weighted by atomic mass is 9.86. The molecule has 2 amide bonds. The van der Waals surface area contributed by atoms with E-state index in [0.717, 1.165) is 23.1 Å². The maximum Gasteiger partial charge on any atom is 0.335 e. The van der Waals surface area contributed by atoms with Crippen molar-refractivity contribution >= 4 is 16.1 Å². The van der Waals surface area contributed by atoms with Crippen molar-refractivity contribution in [1.82, 2.24) is 14.7 Å². The first-order valence-corrected chi connectivity index (χ1v) is 12.2. The minimum Gasteiger partial charge on any atom is -0.497 e. The molecular formula is C23H31N3O4S. The molecule has 1 aliphatic heterocycles. The third-order valence-electron chi connectivity index (χ3n) is 5.45. The van der Waals surface area contributed by atoms with Crippen LogP contribution in [0.1, 0.15) is 43.5 Å². The van der Waals surface area contributed by atoms with Crippen LogP contribution in [0.4, 0.5) is 4.79 Å². The first-order chi connectivity index (χ1) is 14.5. The van der Waals surface area contributed by atoms with Crippen molar-refractivity contribution in [2.24, 2.45) is 0 Å². The van der Waals surface area contributed by atoms with Gasteiger partial charge in [-0.05, 0) is 40.7 Å². The Kier molecular flexibility index (Phi) is 6.62. The lowest BCUT2D eigenvalue weighted by Gasteiger charge is -2.25. The summed E-state index contributed by atoms with van der Waals surface area (Å²) in [7, 11) is -1.93. The summed E-state index contributed by atoms with van der Waals surface area (Å²) in [5.74, 6) is 0.779. The van der Waals surface area contributed by atoms with Gasteiger partial charge in [0, 0.05) is 6.54 Å². The van der Waals surface area contributed by atoms with Crippen molar-refractivity contribution < 1.29 is 17.9 Å².